The van der Waals surface area contributed by atoms with Crippen molar-refractivity contribution in [3.8, 4) is 0 Å². The van der Waals surface area contributed by atoms with Crippen LogP contribution in [-0.2, 0) is 11.8 Å². The van der Waals surface area contributed by atoms with Gasteiger partial charge in [0.2, 0.25) is 0 Å². The number of benzene rings is 1. The maximum absolute atomic E-state index is 4.10. The molecule has 0 saturated heterocycles. The van der Waals surface area contributed by atoms with Gasteiger partial charge in [-0.25, -0.2) is 0 Å². The van der Waals surface area contributed by atoms with Gasteiger partial charge < -0.3 is 19.3 Å². The molecule has 0 heterocycles. The number of hydrogen-bond acceptors (Lipinski definition) is 0. The fraction of sp³-hybridized carbons (Fsp3) is 0.417. The Morgan fingerprint density at radius 1 is 1.14 bits per heavy atom. The maximum atomic E-state index is 4.10. The zero-order chi connectivity index (χ0) is 9.19. The standard InChI is InChI=1S/C12H17.ClH.Mg/c1-5-10-6-8-11(9-7-10)12(2,3)4;;/h6-9H,2,5H2,1,3-4H3;1H;/q-1;;+2/p-1. The second-order valence-electron chi connectivity index (χ2n) is 3.93. The Balaban J connectivity index is 0. The van der Waals surface area contributed by atoms with Gasteiger partial charge in [0.1, 0.15) is 0 Å². The predicted octanol–water partition coefficient (Wildman–Crippen LogP) is -0.0161. The Kier molecular flexibility index (Phi) is 7.99. The third kappa shape index (κ3) is 4.67. The fourth-order valence-electron chi connectivity index (χ4n) is 1.19. The molecule has 0 aliphatic carbocycles. The number of hydrogen-bond donors (Lipinski definition) is 0. The average molecular weight is 221 g/mol. The van der Waals surface area contributed by atoms with Crippen molar-refractivity contribution in [1.82, 2.24) is 0 Å². The summed E-state index contributed by atoms with van der Waals surface area (Å²) >= 11 is 0. The molecule has 0 saturated carbocycles. The smallest absolute Gasteiger partial charge is 1.00 e. The minimum atomic E-state index is 0. The van der Waals surface area contributed by atoms with Gasteiger partial charge in [-0.1, -0.05) is 50.6 Å². The number of aryl methyl sites for hydroxylation is 1. The van der Waals surface area contributed by atoms with Gasteiger partial charge in [-0.2, -0.15) is 0 Å². The third-order valence-electron chi connectivity index (χ3n) is 2.14. The quantitative estimate of drug-likeness (QED) is 0.486. The van der Waals surface area contributed by atoms with Gasteiger partial charge in [-0.15, -0.1) is 5.41 Å². The minimum Gasteiger partial charge on any atom is -1.00 e. The first-order valence-electron chi connectivity index (χ1n) is 4.49. The molecule has 1 aromatic carbocycles. The van der Waals surface area contributed by atoms with Crippen LogP contribution >= 0.6 is 0 Å². The van der Waals surface area contributed by atoms with Crippen molar-refractivity contribution in [2.45, 2.75) is 32.6 Å². The molecule has 0 aromatic heterocycles. The first-order valence-corrected chi connectivity index (χ1v) is 4.49. The Bertz CT molecular complexity index is 246. The van der Waals surface area contributed by atoms with Gasteiger partial charge in [-0.05, 0) is 12.0 Å². The summed E-state index contributed by atoms with van der Waals surface area (Å²) in [7, 11) is 0. The Hall–Kier alpha value is 0.276. The third-order valence-corrected chi connectivity index (χ3v) is 2.14. The minimum absolute atomic E-state index is 0. The molecular formula is C12H17ClMg. The molecule has 1 rings (SSSR count). The van der Waals surface area contributed by atoms with Gasteiger partial charge >= 0.3 is 23.1 Å². The van der Waals surface area contributed by atoms with Gasteiger partial charge in [0.15, 0.2) is 0 Å². The van der Waals surface area contributed by atoms with E-state index in [1.54, 1.807) is 0 Å². The summed E-state index contributed by atoms with van der Waals surface area (Å²) in [6.07, 6.45) is 1.11. The molecule has 0 amide bonds. The van der Waals surface area contributed by atoms with E-state index >= 15 is 0 Å². The van der Waals surface area contributed by atoms with Crippen LogP contribution in [0.2, 0.25) is 0 Å². The van der Waals surface area contributed by atoms with Crippen molar-refractivity contribution in [1.29, 1.82) is 0 Å². The van der Waals surface area contributed by atoms with Crippen LogP contribution in [0.4, 0.5) is 0 Å². The largest absolute Gasteiger partial charge is 2.00 e. The molecule has 2 heteroatoms. The van der Waals surface area contributed by atoms with Crippen LogP contribution in [0.3, 0.4) is 0 Å². The molecule has 14 heavy (non-hydrogen) atoms. The summed E-state index contributed by atoms with van der Waals surface area (Å²) in [5.41, 5.74) is 2.73. The van der Waals surface area contributed by atoms with Crippen LogP contribution in [0.1, 0.15) is 31.9 Å². The van der Waals surface area contributed by atoms with Gasteiger partial charge in [0, 0.05) is 0 Å². The average Bonchev–Trinajstić information content (AvgIpc) is 2.03. The van der Waals surface area contributed by atoms with Gasteiger partial charge in [0.25, 0.3) is 0 Å². The molecule has 0 spiro atoms. The summed E-state index contributed by atoms with van der Waals surface area (Å²) in [5.74, 6) is 0. The van der Waals surface area contributed by atoms with Crippen LogP contribution < -0.4 is 12.4 Å². The molecule has 0 N–H and O–H groups in total. The Morgan fingerprint density at radius 3 is 1.86 bits per heavy atom. The predicted molar refractivity (Wildman–Crippen MR) is 60.0 cm³/mol. The topological polar surface area (TPSA) is 0 Å². The molecule has 0 unspecified atom stereocenters. The molecule has 74 valence electrons. The van der Waals surface area contributed by atoms with Crippen molar-refractivity contribution in [2.24, 2.45) is 0 Å². The van der Waals surface area contributed by atoms with Crippen LogP contribution in [0.25, 0.3) is 0 Å². The summed E-state index contributed by atoms with van der Waals surface area (Å²) < 4.78 is 0. The molecule has 0 aliphatic rings. The van der Waals surface area contributed by atoms with Crippen LogP contribution in [0, 0.1) is 6.92 Å². The van der Waals surface area contributed by atoms with Crippen molar-refractivity contribution < 1.29 is 12.4 Å². The summed E-state index contributed by atoms with van der Waals surface area (Å²) in [6, 6.07) is 8.71. The first-order chi connectivity index (χ1) is 5.54. The van der Waals surface area contributed by atoms with Gasteiger partial charge in [0.05, 0.1) is 0 Å². The molecule has 1 aromatic rings. The molecule has 0 nitrogen and oxygen atoms in total. The van der Waals surface area contributed by atoms with E-state index in [4.69, 9.17) is 0 Å². The molecule has 0 fully saturated rings. The molecule has 0 aliphatic heterocycles. The van der Waals surface area contributed by atoms with Crippen LogP contribution in [0.15, 0.2) is 24.3 Å². The second kappa shape index (κ2) is 6.70. The zero-order valence-electron chi connectivity index (χ0n) is 9.31. The van der Waals surface area contributed by atoms with E-state index < -0.39 is 0 Å². The normalized spacial score (nSPS) is 10.0. The van der Waals surface area contributed by atoms with E-state index in [0.717, 1.165) is 6.42 Å². The van der Waals surface area contributed by atoms with E-state index in [-0.39, 0.29) is 40.9 Å². The monoisotopic (exact) mass is 220 g/mol. The zero-order valence-corrected chi connectivity index (χ0v) is 11.5. The van der Waals surface area contributed by atoms with Crippen molar-refractivity contribution >= 4 is 23.1 Å². The van der Waals surface area contributed by atoms with Crippen molar-refractivity contribution in [2.75, 3.05) is 0 Å². The molecular weight excluding hydrogens is 204 g/mol. The SMILES string of the molecule is [CH2-]C(C)(C)c1ccc(CC)cc1.[Cl-].[Mg+2]. The number of rotatable bonds is 2. The van der Waals surface area contributed by atoms with Crippen LogP contribution in [0.5, 0.6) is 0 Å². The summed E-state index contributed by atoms with van der Waals surface area (Å²) in [6.45, 7) is 10.5. The second-order valence-corrected chi connectivity index (χ2v) is 3.93. The first kappa shape index (κ1) is 16.7. The molecule has 0 bridgehead atoms. The number of halogens is 1. The van der Waals surface area contributed by atoms with E-state index in [2.05, 4.69) is 52.0 Å². The van der Waals surface area contributed by atoms with Crippen LogP contribution in [-0.4, -0.2) is 23.1 Å². The summed E-state index contributed by atoms with van der Waals surface area (Å²) in [5, 5.41) is 0. The van der Waals surface area contributed by atoms with Crippen molar-refractivity contribution in [3.05, 3.63) is 42.3 Å². The van der Waals surface area contributed by atoms with E-state index in [9.17, 15) is 0 Å². The van der Waals surface area contributed by atoms with E-state index in [1.807, 2.05) is 0 Å². The summed E-state index contributed by atoms with van der Waals surface area (Å²) in [4.78, 5) is 0. The fourth-order valence-corrected chi connectivity index (χ4v) is 1.19. The van der Waals surface area contributed by atoms with E-state index in [0.29, 0.717) is 0 Å². The Labute approximate surface area is 110 Å². The maximum Gasteiger partial charge on any atom is 2.00 e. The Morgan fingerprint density at radius 2 is 1.57 bits per heavy atom. The van der Waals surface area contributed by atoms with Crippen molar-refractivity contribution in [3.63, 3.8) is 0 Å². The molecule has 0 radical (unpaired) electrons. The van der Waals surface area contributed by atoms with E-state index in [1.165, 1.54) is 11.1 Å². The molecule has 0 atom stereocenters. The van der Waals surface area contributed by atoms with Gasteiger partial charge in [-0.3, -0.25) is 0 Å².